The quantitative estimate of drug-likeness (QED) is 0.281. The zero-order valence-electron chi connectivity index (χ0n) is 17.0. The molecule has 4 aromatic rings. The topological polar surface area (TPSA) is 71.0 Å². The van der Waals surface area contributed by atoms with E-state index in [0.717, 1.165) is 22.3 Å². The van der Waals surface area contributed by atoms with Crippen molar-refractivity contribution in [1.82, 2.24) is 19.7 Å². The third kappa shape index (κ3) is 3.99. The van der Waals surface area contributed by atoms with E-state index >= 15 is 0 Å². The maximum absolute atomic E-state index is 13.0. The van der Waals surface area contributed by atoms with Gasteiger partial charge in [0.1, 0.15) is 5.82 Å². The fraction of sp³-hybridized carbons (Fsp3) is 0.130. The van der Waals surface area contributed by atoms with E-state index in [1.54, 1.807) is 12.1 Å². The average Bonchev–Trinajstić information content (AvgIpc) is 3.15. The van der Waals surface area contributed by atoms with Crippen molar-refractivity contribution in [1.29, 1.82) is 0 Å². The summed E-state index contributed by atoms with van der Waals surface area (Å²) in [5.74, 6) is 0.281. The van der Waals surface area contributed by atoms with Crippen LogP contribution >= 0.6 is 12.2 Å². The number of aryl methyl sites for hydroxylation is 1. The second kappa shape index (κ2) is 9.28. The molecular formula is C23H18KN4O2S+. The third-order valence-electron chi connectivity index (χ3n) is 5.39. The van der Waals surface area contributed by atoms with Crippen molar-refractivity contribution in [2.45, 2.75) is 12.8 Å². The molecule has 0 unspecified atom stereocenters. The molecule has 0 atom stereocenters. The van der Waals surface area contributed by atoms with Gasteiger partial charge in [0.15, 0.2) is 4.77 Å². The second-order valence-corrected chi connectivity index (χ2v) is 7.58. The van der Waals surface area contributed by atoms with E-state index in [1.807, 2.05) is 59.2 Å². The van der Waals surface area contributed by atoms with Gasteiger partial charge in [-0.2, -0.15) is 5.10 Å². The number of aromatic amines is 1. The number of amides is 2. The fourth-order valence-corrected chi connectivity index (χ4v) is 4.28. The summed E-state index contributed by atoms with van der Waals surface area (Å²) in [6, 6.07) is 20.9. The van der Waals surface area contributed by atoms with Crippen LogP contribution in [-0.4, -0.2) is 38.0 Å². The molecule has 1 aliphatic rings. The molecule has 3 aromatic carbocycles. The van der Waals surface area contributed by atoms with Crippen molar-refractivity contribution in [3.05, 3.63) is 88.5 Å². The van der Waals surface area contributed by atoms with Crippen LogP contribution in [0, 0.1) is 4.77 Å². The van der Waals surface area contributed by atoms with E-state index < -0.39 is 0 Å². The van der Waals surface area contributed by atoms with E-state index in [9.17, 15) is 9.59 Å². The van der Waals surface area contributed by atoms with Gasteiger partial charge < -0.3 is 0 Å². The number of imide groups is 1. The van der Waals surface area contributed by atoms with E-state index in [2.05, 4.69) is 10.2 Å². The van der Waals surface area contributed by atoms with Crippen LogP contribution < -0.4 is 51.4 Å². The van der Waals surface area contributed by atoms with E-state index in [1.165, 1.54) is 4.90 Å². The molecular weight excluding hydrogens is 435 g/mol. The van der Waals surface area contributed by atoms with Crippen LogP contribution in [0.25, 0.3) is 16.5 Å². The van der Waals surface area contributed by atoms with E-state index in [0.29, 0.717) is 35.3 Å². The molecule has 0 fully saturated rings. The first-order valence-corrected chi connectivity index (χ1v) is 10.2. The van der Waals surface area contributed by atoms with Gasteiger partial charge in [-0.05, 0) is 48.3 Å². The summed E-state index contributed by atoms with van der Waals surface area (Å²) in [4.78, 5) is 27.4. The molecule has 0 saturated heterocycles. The number of hydrogen-bond acceptors (Lipinski definition) is 4. The Bertz CT molecular complexity index is 1300. The molecule has 8 heteroatoms. The molecule has 31 heavy (non-hydrogen) atoms. The number of benzene rings is 3. The molecule has 1 aromatic heterocycles. The normalized spacial score (nSPS) is 12.8. The van der Waals surface area contributed by atoms with E-state index in [-0.39, 0.29) is 63.2 Å². The van der Waals surface area contributed by atoms with Gasteiger partial charge in [0.25, 0.3) is 11.8 Å². The first-order valence-electron chi connectivity index (χ1n) is 9.75. The molecule has 0 bridgehead atoms. The minimum Gasteiger partial charge on any atom is -0.274 e. The molecule has 0 radical (unpaired) electrons. The predicted octanol–water partition coefficient (Wildman–Crippen LogP) is 1.32. The van der Waals surface area contributed by atoms with Gasteiger partial charge in [-0.1, -0.05) is 42.5 Å². The number of carbonyl (C=O) groups excluding carboxylic acids is 2. The Kier molecular flexibility index (Phi) is 6.66. The van der Waals surface area contributed by atoms with E-state index in [4.69, 9.17) is 12.2 Å². The number of carbonyl (C=O) groups is 2. The van der Waals surface area contributed by atoms with Gasteiger partial charge in [0.05, 0.1) is 0 Å². The molecule has 2 amide bonds. The number of H-pyrrole nitrogens is 1. The van der Waals surface area contributed by atoms with Crippen LogP contribution in [0.3, 0.4) is 0 Å². The maximum atomic E-state index is 13.0. The van der Waals surface area contributed by atoms with Crippen molar-refractivity contribution in [2.75, 3.05) is 6.54 Å². The van der Waals surface area contributed by atoms with Crippen molar-refractivity contribution in [3.63, 3.8) is 0 Å². The molecule has 1 aliphatic heterocycles. The van der Waals surface area contributed by atoms with Gasteiger partial charge in [-0.25, -0.2) is 0 Å². The Labute approximate surface area is 226 Å². The molecule has 0 aliphatic carbocycles. The zero-order valence-corrected chi connectivity index (χ0v) is 21.0. The summed E-state index contributed by atoms with van der Waals surface area (Å²) in [7, 11) is 0. The monoisotopic (exact) mass is 453 g/mol. The Morgan fingerprint density at radius 1 is 0.871 bits per heavy atom. The van der Waals surface area contributed by atoms with Crippen LogP contribution in [-0.2, 0) is 6.42 Å². The standard InChI is InChI=1S/C23H18N4O2S.K/c28-21-17-11-4-7-15-8-5-12-18(20(15)17)22(29)26(21)14-6-13-19-24-25-23(30)27(19)16-9-2-1-3-10-16;/h1-5,7-12H,6,13-14H2,(H,25,30);/q;+1. The summed E-state index contributed by atoms with van der Waals surface area (Å²) in [5, 5.41) is 8.83. The average molecular weight is 454 g/mol. The molecule has 1 N–H and O–H groups in total. The number of aromatic nitrogens is 3. The van der Waals surface area contributed by atoms with Crippen molar-refractivity contribution in [3.8, 4) is 5.69 Å². The second-order valence-electron chi connectivity index (χ2n) is 7.19. The van der Waals surface area contributed by atoms with Crippen molar-refractivity contribution in [2.24, 2.45) is 0 Å². The Morgan fingerprint density at radius 2 is 1.52 bits per heavy atom. The number of para-hydroxylation sites is 1. The molecule has 148 valence electrons. The van der Waals surface area contributed by atoms with Crippen LogP contribution in [0.15, 0.2) is 66.7 Å². The minimum atomic E-state index is -0.244. The maximum Gasteiger partial charge on any atom is 1.00 e. The van der Waals surface area contributed by atoms with Gasteiger partial charge in [0.2, 0.25) is 0 Å². The molecule has 5 rings (SSSR count). The van der Waals surface area contributed by atoms with Crippen LogP contribution in [0.4, 0.5) is 0 Å². The van der Waals surface area contributed by atoms with Gasteiger partial charge in [0, 0.05) is 35.2 Å². The molecule has 0 saturated carbocycles. The summed E-state index contributed by atoms with van der Waals surface area (Å²) in [6.45, 7) is 0.316. The summed E-state index contributed by atoms with van der Waals surface area (Å²) in [5.41, 5.74) is 2.08. The summed E-state index contributed by atoms with van der Waals surface area (Å²) < 4.78 is 2.40. The first kappa shape index (κ1) is 22.3. The Balaban J connectivity index is 0.00000231. The molecule has 6 nitrogen and oxygen atoms in total. The number of nitrogens with one attached hydrogen (secondary N) is 1. The smallest absolute Gasteiger partial charge is 0.274 e. The number of nitrogens with zero attached hydrogens (tertiary/aromatic N) is 3. The largest absolute Gasteiger partial charge is 1.00 e. The van der Waals surface area contributed by atoms with Gasteiger partial charge in [-0.15, -0.1) is 0 Å². The van der Waals surface area contributed by atoms with Crippen LogP contribution in [0.2, 0.25) is 0 Å². The summed E-state index contributed by atoms with van der Waals surface area (Å²) in [6.07, 6.45) is 1.16. The zero-order chi connectivity index (χ0) is 20.7. The van der Waals surface area contributed by atoms with Crippen LogP contribution in [0.1, 0.15) is 33.0 Å². The number of hydrogen-bond donors (Lipinski definition) is 1. The van der Waals surface area contributed by atoms with Gasteiger partial charge >= 0.3 is 51.4 Å². The fourth-order valence-electron chi connectivity index (χ4n) is 4.02. The minimum absolute atomic E-state index is 0. The van der Waals surface area contributed by atoms with Crippen LogP contribution in [0.5, 0.6) is 0 Å². The van der Waals surface area contributed by atoms with Gasteiger partial charge in [-0.3, -0.25) is 24.2 Å². The molecule has 0 spiro atoms. The Hall–Kier alpha value is -1.94. The SMILES string of the molecule is O=C1c2cccc3cccc(c23)C(=O)N1CCCc1n[nH]c(=S)n1-c1ccccc1.[K+]. The number of rotatable bonds is 5. The van der Waals surface area contributed by atoms with Crippen molar-refractivity contribution < 1.29 is 61.0 Å². The molecule has 2 heterocycles. The third-order valence-corrected chi connectivity index (χ3v) is 5.67. The predicted molar refractivity (Wildman–Crippen MR) is 116 cm³/mol. The first-order chi connectivity index (χ1) is 14.6. The Morgan fingerprint density at radius 3 is 2.16 bits per heavy atom. The summed E-state index contributed by atoms with van der Waals surface area (Å²) >= 11 is 5.37. The van der Waals surface area contributed by atoms with Crippen molar-refractivity contribution >= 4 is 34.8 Å².